The molecule has 0 bridgehead atoms. The van der Waals surface area contributed by atoms with Gasteiger partial charge in [-0.1, -0.05) is 38.0 Å². The van der Waals surface area contributed by atoms with Crippen molar-refractivity contribution in [1.29, 1.82) is 0 Å². The van der Waals surface area contributed by atoms with Crippen molar-refractivity contribution in [3.05, 3.63) is 29.8 Å². The van der Waals surface area contributed by atoms with Crippen molar-refractivity contribution in [3.63, 3.8) is 0 Å². The number of para-hydroxylation sites is 1. The van der Waals surface area contributed by atoms with Gasteiger partial charge in [-0.15, -0.1) is 0 Å². The second-order valence-corrected chi connectivity index (χ2v) is 6.68. The summed E-state index contributed by atoms with van der Waals surface area (Å²) in [5.41, 5.74) is 1.06. The highest BCUT2D eigenvalue weighted by atomic mass is 16.5. The molecule has 0 saturated carbocycles. The molecule has 1 saturated heterocycles. The molecule has 0 unspecified atom stereocenters. The third-order valence-corrected chi connectivity index (χ3v) is 4.68. The van der Waals surface area contributed by atoms with E-state index in [0.29, 0.717) is 6.42 Å². The van der Waals surface area contributed by atoms with Gasteiger partial charge in [0.25, 0.3) is 5.91 Å². The summed E-state index contributed by atoms with van der Waals surface area (Å²) in [6.07, 6.45) is 6.62. The fourth-order valence-corrected chi connectivity index (χ4v) is 3.15. The Labute approximate surface area is 146 Å². The van der Waals surface area contributed by atoms with Gasteiger partial charge in [-0.2, -0.15) is 0 Å². The Hall–Kier alpha value is -1.55. The van der Waals surface area contributed by atoms with Gasteiger partial charge in [0.05, 0.1) is 0 Å². The van der Waals surface area contributed by atoms with Crippen LogP contribution in [0.1, 0.15) is 51.0 Å². The van der Waals surface area contributed by atoms with Gasteiger partial charge in [0.1, 0.15) is 5.75 Å². The molecule has 2 rings (SSSR count). The molecule has 1 heterocycles. The standard InChI is InChI=1S/C20H32N2O2/c1-3-18(24-19-12-7-6-11-17(19)2)20(23)21-13-10-16-22-14-8-4-5-9-15-22/h6-7,11-12,18H,3-5,8-10,13-16H2,1-2H3,(H,21,23)/t18-/m0/s1. The number of ether oxygens (including phenoxy) is 1. The number of nitrogens with one attached hydrogen (secondary N) is 1. The Balaban J connectivity index is 1.70. The normalized spacial score (nSPS) is 17.1. The van der Waals surface area contributed by atoms with Crippen molar-refractivity contribution in [2.24, 2.45) is 0 Å². The number of carbonyl (C=O) groups is 1. The first-order chi connectivity index (χ1) is 11.7. The highest BCUT2D eigenvalue weighted by Gasteiger charge is 2.18. The van der Waals surface area contributed by atoms with Crippen molar-refractivity contribution in [2.45, 2.75) is 58.5 Å². The van der Waals surface area contributed by atoms with E-state index in [-0.39, 0.29) is 5.91 Å². The van der Waals surface area contributed by atoms with Crippen molar-refractivity contribution in [3.8, 4) is 5.75 Å². The molecule has 1 amide bonds. The van der Waals surface area contributed by atoms with Gasteiger partial charge in [-0.3, -0.25) is 4.79 Å². The summed E-state index contributed by atoms with van der Waals surface area (Å²) >= 11 is 0. The lowest BCUT2D eigenvalue weighted by atomic mass is 10.2. The summed E-state index contributed by atoms with van der Waals surface area (Å²) in [6, 6.07) is 7.84. The summed E-state index contributed by atoms with van der Waals surface area (Å²) in [7, 11) is 0. The van der Waals surface area contributed by atoms with Gasteiger partial charge in [-0.05, 0) is 63.9 Å². The lowest BCUT2D eigenvalue weighted by molar-refractivity contribution is -0.128. The van der Waals surface area contributed by atoms with Crippen molar-refractivity contribution in [1.82, 2.24) is 10.2 Å². The van der Waals surface area contributed by atoms with Gasteiger partial charge in [-0.25, -0.2) is 0 Å². The maximum atomic E-state index is 12.3. The largest absolute Gasteiger partial charge is 0.480 e. The van der Waals surface area contributed by atoms with Crippen LogP contribution in [0, 0.1) is 6.92 Å². The molecular formula is C20H32N2O2. The van der Waals surface area contributed by atoms with Crippen LogP contribution in [0.2, 0.25) is 0 Å². The highest BCUT2D eigenvalue weighted by molar-refractivity contribution is 5.81. The summed E-state index contributed by atoms with van der Waals surface area (Å²) in [4.78, 5) is 14.9. The number of hydrogen-bond donors (Lipinski definition) is 1. The van der Waals surface area contributed by atoms with Crippen LogP contribution in [0.3, 0.4) is 0 Å². The number of likely N-dealkylation sites (tertiary alicyclic amines) is 1. The number of hydrogen-bond acceptors (Lipinski definition) is 3. The predicted octanol–water partition coefficient (Wildman–Crippen LogP) is 3.53. The quantitative estimate of drug-likeness (QED) is 0.741. The van der Waals surface area contributed by atoms with Crippen molar-refractivity contribution in [2.75, 3.05) is 26.2 Å². The lowest BCUT2D eigenvalue weighted by Gasteiger charge is -2.21. The second-order valence-electron chi connectivity index (χ2n) is 6.68. The van der Waals surface area contributed by atoms with Crippen LogP contribution in [0.5, 0.6) is 5.75 Å². The maximum absolute atomic E-state index is 12.3. The van der Waals surface area contributed by atoms with Crippen LogP contribution in [0.25, 0.3) is 0 Å². The molecule has 1 N–H and O–H groups in total. The van der Waals surface area contributed by atoms with Gasteiger partial charge in [0.15, 0.2) is 6.10 Å². The molecule has 4 nitrogen and oxygen atoms in total. The van der Waals surface area contributed by atoms with E-state index >= 15 is 0 Å². The minimum absolute atomic E-state index is 0.00313. The van der Waals surface area contributed by atoms with E-state index in [1.54, 1.807) is 0 Å². The number of carbonyl (C=O) groups excluding carboxylic acids is 1. The number of benzene rings is 1. The lowest BCUT2D eigenvalue weighted by Crippen LogP contribution is -2.39. The first-order valence-electron chi connectivity index (χ1n) is 9.43. The fraction of sp³-hybridized carbons (Fsp3) is 0.650. The van der Waals surface area contributed by atoms with E-state index < -0.39 is 6.10 Å². The summed E-state index contributed by atoms with van der Waals surface area (Å²) in [5, 5.41) is 3.04. The van der Waals surface area contributed by atoms with Crippen LogP contribution in [-0.4, -0.2) is 43.1 Å². The average Bonchev–Trinajstić information content (AvgIpc) is 2.86. The molecule has 1 atom stereocenters. The first-order valence-corrected chi connectivity index (χ1v) is 9.43. The van der Waals surface area contributed by atoms with E-state index in [1.807, 2.05) is 38.1 Å². The van der Waals surface area contributed by atoms with E-state index in [2.05, 4.69) is 10.2 Å². The first kappa shape index (κ1) is 18.8. The van der Waals surface area contributed by atoms with Crippen molar-refractivity contribution < 1.29 is 9.53 Å². The molecule has 0 aliphatic carbocycles. The number of amides is 1. The molecule has 0 spiro atoms. The summed E-state index contributed by atoms with van der Waals surface area (Å²) < 4.78 is 5.90. The minimum atomic E-state index is -0.413. The van der Waals surface area contributed by atoms with Crippen LogP contribution in [0.15, 0.2) is 24.3 Å². The Bertz CT molecular complexity index is 496. The van der Waals surface area contributed by atoms with Gasteiger partial charge >= 0.3 is 0 Å². The van der Waals surface area contributed by atoms with Crippen LogP contribution in [0.4, 0.5) is 0 Å². The number of rotatable bonds is 8. The molecular weight excluding hydrogens is 300 g/mol. The molecule has 1 aromatic carbocycles. The molecule has 1 aliphatic heterocycles. The van der Waals surface area contributed by atoms with Gasteiger partial charge in [0.2, 0.25) is 0 Å². The monoisotopic (exact) mass is 332 g/mol. The molecule has 0 aromatic heterocycles. The Morgan fingerprint density at radius 1 is 1.21 bits per heavy atom. The predicted molar refractivity (Wildman–Crippen MR) is 98.4 cm³/mol. The third-order valence-electron chi connectivity index (χ3n) is 4.68. The fourth-order valence-electron chi connectivity index (χ4n) is 3.15. The van der Waals surface area contributed by atoms with Crippen LogP contribution >= 0.6 is 0 Å². The molecule has 1 aromatic rings. The van der Waals surface area contributed by atoms with Crippen LogP contribution in [-0.2, 0) is 4.79 Å². The third kappa shape index (κ3) is 6.16. The molecule has 1 fully saturated rings. The molecule has 134 valence electrons. The van der Waals surface area contributed by atoms with Gasteiger partial charge < -0.3 is 15.0 Å². The SMILES string of the molecule is CC[C@H](Oc1ccccc1C)C(=O)NCCCN1CCCCCC1. The Kier molecular flexibility index (Phi) is 8.10. The van der Waals surface area contributed by atoms with Crippen LogP contribution < -0.4 is 10.1 Å². The Morgan fingerprint density at radius 2 is 1.92 bits per heavy atom. The zero-order valence-corrected chi connectivity index (χ0v) is 15.2. The second kappa shape index (κ2) is 10.3. The smallest absolute Gasteiger partial charge is 0.261 e. The molecule has 4 heteroatoms. The van der Waals surface area contributed by atoms with Gasteiger partial charge in [0, 0.05) is 6.54 Å². The van der Waals surface area contributed by atoms with Crippen molar-refractivity contribution >= 4 is 5.91 Å². The maximum Gasteiger partial charge on any atom is 0.261 e. The topological polar surface area (TPSA) is 41.6 Å². The molecule has 0 radical (unpaired) electrons. The Morgan fingerprint density at radius 3 is 2.58 bits per heavy atom. The average molecular weight is 332 g/mol. The van der Waals surface area contributed by atoms with E-state index in [9.17, 15) is 4.79 Å². The summed E-state index contributed by atoms with van der Waals surface area (Å²) in [6.45, 7) is 8.21. The van der Waals surface area contributed by atoms with E-state index in [4.69, 9.17) is 4.74 Å². The minimum Gasteiger partial charge on any atom is -0.480 e. The zero-order chi connectivity index (χ0) is 17.2. The number of aryl methyl sites for hydroxylation is 1. The molecule has 1 aliphatic rings. The highest BCUT2D eigenvalue weighted by Crippen LogP contribution is 2.18. The van der Waals surface area contributed by atoms with E-state index in [1.165, 1.54) is 38.8 Å². The zero-order valence-electron chi connectivity index (χ0n) is 15.2. The summed E-state index contributed by atoms with van der Waals surface area (Å²) in [5.74, 6) is 0.792. The molecule has 24 heavy (non-hydrogen) atoms. The number of nitrogens with zero attached hydrogens (tertiary/aromatic N) is 1. The van der Waals surface area contributed by atoms with E-state index in [0.717, 1.165) is 30.8 Å².